The van der Waals surface area contributed by atoms with Crippen LogP contribution in [0.1, 0.15) is 6.92 Å². The Morgan fingerprint density at radius 3 is 2.67 bits per heavy atom. The van der Waals surface area contributed by atoms with Gasteiger partial charge in [-0.1, -0.05) is 0 Å². The van der Waals surface area contributed by atoms with Crippen LogP contribution in [0, 0.1) is 0 Å². The van der Waals surface area contributed by atoms with Crippen LogP contribution in [0.4, 0.5) is 5.69 Å². The van der Waals surface area contributed by atoms with E-state index in [-0.39, 0.29) is 24.6 Å². The first kappa shape index (κ1) is 13.8. The maximum atomic E-state index is 11.5. The number of pyridine rings is 1. The van der Waals surface area contributed by atoms with E-state index < -0.39 is 5.91 Å². The second-order valence-electron chi connectivity index (χ2n) is 3.66. The van der Waals surface area contributed by atoms with Crippen LogP contribution in [0.5, 0.6) is 0 Å². The molecule has 0 saturated heterocycles. The lowest BCUT2D eigenvalue weighted by molar-refractivity contribution is -0.126. The largest absolute Gasteiger partial charge is 0.398 e. The van der Waals surface area contributed by atoms with Gasteiger partial charge in [0.05, 0.1) is 6.54 Å². The van der Waals surface area contributed by atoms with Gasteiger partial charge in [0.2, 0.25) is 11.8 Å². The Morgan fingerprint density at radius 2 is 2.00 bits per heavy atom. The minimum Gasteiger partial charge on any atom is -0.398 e. The molecule has 1 aromatic rings. The Bertz CT molecular complexity index is 495. The molecule has 0 radical (unpaired) electrons. The molecule has 4 N–H and O–H groups in total. The summed E-state index contributed by atoms with van der Waals surface area (Å²) in [5.41, 5.74) is 5.58. The van der Waals surface area contributed by atoms with Gasteiger partial charge in [0.1, 0.15) is 6.54 Å². The van der Waals surface area contributed by atoms with Gasteiger partial charge in [-0.25, -0.2) is 0 Å². The molecule has 7 nitrogen and oxygen atoms in total. The molecule has 1 rings (SSSR count). The van der Waals surface area contributed by atoms with Crippen LogP contribution in [0.25, 0.3) is 0 Å². The standard InChI is InChI=1S/C11H16N4O3/c1-2-13-9(16)5-14-10(17)7-15-6-8(12)3-4-11(15)18/h3-4,6H,2,5,7,12H2,1H3,(H,13,16)(H,14,17). The number of nitrogens with zero attached hydrogens (tertiary/aromatic N) is 1. The highest BCUT2D eigenvalue weighted by Crippen LogP contribution is 1.95. The zero-order valence-corrected chi connectivity index (χ0v) is 10.1. The summed E-state index contributed by atoms with van der Waals surface area (Å²) in [7, 11) is 0. The smallest absolute Gasteiger partial charge is 0.251 e. The normalized spacial score (nSPS) is 9.83. The number of nitrogen functional groups attached to an aromatic ring is 1. The zero-order valence-electron chi connectivity index (χ0n) is 10.1. The molecule has 98 valence electrons. The molecule has 0 spiro atoms. The first-order chi connectivity index (χ1) is 8.52. The van der Waals surface area contributed by atoms with E-state index in [0.29, 0.717) is 12.2 Å². The first-order valence-corrected chi connectivity index (χ1v) is 5.52. The van der Waals surface area contributed by atoms with Crippen LogP contribution in [-0.4, -0.2) is 29.5 Å². The number of nitrogens with two attached hydrogens (primary N) is 1. The Morgan fingerprint density at radius 1 is 1.28 bits per heavy atom. The lowest BCUT2D eigenvalue weighted by Crippen LogP contribution is -2.39. The Balaban J connectivity index is 2.52. The molecule has 0 fully saturated rings. The number of carbonyl (C=O) groups is 2. The van der Waals surface area contributed by atoms with E-state index in [2.05, 4.69) is 10.6 Å². The second kappa shape index (κ2) is 6.43. The number of hydrogen-bond acceptors (Lipinski definition) is 4. The van der Waals surface area contributed by atoms with E-state index in [1.54, 1.807) is 6.92 Å². The number of likely N-dealkylation sites (N-methyl/N-ethyl adjacent to an activating group) is 1. The van der Waals surface area contributed by atoms with Gasteiger partial charge in [-0.15, -0.1) is 0 Å². The summed E-state index contributed by atoms with van der Waals surface area (Å²) >= 11 is 0. The summed E-state index contributed by atoms with van der Waals surface area (Å²) in [5, 5.41) is 4.95. The fraction of sp³-hybridized carbons (Fsp3) is 0.364. The molecule has 1 aromatic heterocycles. The fourth-order valence-corrected chi connectivity index (χ4v) is 1.32. The lowest BCUT2D eigenvalue weighted by atomic mass is 10.4. The van der Waals surface area contributed by atoms with Gasteiger partial charge in [-0.3, -0.25) is 14.4 Å². The van der Waals surface area contributed by atoms with Gasteiger partial charge in [0.25, 0.3) is 5.56 Å². The first-order valence-electron chi connectivity index (χ1n) is 5.52. The predicted octanol–water partition coefficient (Wildman–Crippen LogP) is -1.32. The molecule has 0 aliphatic heterocycles. The fourth-order valence-electron chi connectivity index (χ4n) is 1.32. The molecule has 0 unspecified atom stereocenters. The van der Waals surface area contributed by atoms with Crippen LogP contribution >= 0.6 is 0 Å². The molecule has 0 bridgehead atoms. The highest BCUT2D eigenvalue weighted by atomic mass is 16.2. The molecule has 18 heavy (non-hydrogen) atoms. The van der Waals surface area contributed by atoms with Crippen molar-refractivity contribution >= 4 is 17.5 Å². The number of aromatic nitrogens is 1. The van der Waals surface area contributed by atoms with Crippen LogP contribution < -0.4 is 21.9 Å². The maximum Gasteiger partial charge on any atom is 0.251 e. The third kappa shape index (κ3) is 4.28. The summed E-state index contributed by atoms with van der Waals surface area (Å²) in [6.07, 6.45) is 1.38. The van der Waals surface area contributed by atoms with Crippen LogP contribution in [-0.2, 0) is 16.1 Å². The lowest BCUT2D eigenvalue weighted by Gasteiger charge is -2.07. The minimum absolute atomic E-state index is 0.107. The topological polar surface area (TPSA) is 106 Å². The number of nitrogens with one attached hydrogen (secondary N) is 2. The van der Waals surface area contributed by atoms with Gasteiger partial charge in [-0.05, 0) is 13.0 Å². The Kier molecular flexibility index (Phi) is 4.91. The van der Waals surface area contributed by atoms with Crippen molar-refractivity contribution in [1.29, 1.82) is 0 Å². The predicted molar refractivity (Wildman–Crippen MR) is 66.8 cm³/mol. The number of rotatable bonds is 5. The average Bonchev–Trinajstić information content (AvgIpc) is 2.32. The summed E-state index contributed by atoms with van der Waals surface area (Å²) in [5.74, 6) is -0.695. The van der Waals surface area contributed by atoms with Crippen molar-refractivity contribution in [3.05, 3.63) is 28.7 Å². The van der Waals surface area contributed by atoms with E-state index in [4.69, 9.17) is 5.73 Å². The third-order valence-electron chi connectivity index (χ3n) is 2.14. The zero-order chi connectivity index (χ0) is 13.5. The number of amides is 2. The van der Waals surface area contributed by atoms with E-state index in [1.807, 2.05) is 0 Å². The van der Waals surface area contributed by atoms with Crippen molar-refractivity contribution in [3.63, 3.8) is 0 Å². The van der Waals surface area contributed by atoms with Crippen molar-refractivity contribution in [2.75, 3.05) is 18.8 Å². The van der Waals surface area contributed by atoms with E-state index in [9.17, 15) is 14.4 Å². The quantitative estimate of drug-likeness (QED) is 0.604. The Labute approximate surface area is 104 Å². The molecule has 1 heterocycles. The number of carbonyl (C=O) groups excluding carboxylic acids is 2. The summed E-state index contributed by atoms with van der Waals surface area (Å²) in [6, 6.07) is 2.75. The van der Waals surface area contributed by atoms with Crippen molar-refractivity contribution in [3.8, 4) is 0 Å². The van der Waals surface area contributed by atoms with Crippen LogP contribution in [0.15, 0.2) is 23.1 Å². The van der Waals surface area contributed by atoms with E-state index in [1.165, 1.54) is 22.9 Å². The van der Waals surface area contributed by atoms with Crippen LogP contribution in [0.2, 0.25) is 0 Å². The van der Waals surface area contributed by atoms with Gasteiger partial charge in [-0.2, -0.15) is 0 Å². The van der Waals surface area contributed by atoms with E-state index >= 15 is 0 Å². The number of hydrogen-bond donors (Lipinski definition) is 3. The highest BCUT2D eigenvalue weighted by Gasteiger charge is 2.06. The highest BCUT2D eigenvalue weighted by molar-refractivity contribution is 5.84. The van der Waals surface area contributed by atoms with Crippen molar-refractivity contribution < 1.29 is 9.59 Å². The summed E-state index contributed by atoms with van der Waals surface area (Å²) < 4.78 is 1.18. The molecule has 0 aliphatic rings. The Hall–Kier alpha value is -2.31. The van der Waals surface area contributed by atoms with Crippen molar-refractivity contribution in [2.45, 2.75) is 13.5 Å². The third-order valence-corrected chi connectivity index (χ3v) is 2.14. The molecule has 0 atom stereocenters. The van der Waals surface area contributed by atoms with Crippen molar-refractivity contribution in [2.24, 2.45) is 0 Å². The second-order valence-corrected chi connectivity index (χ2v) is 3.66. The average molecular weight is 252 g/mol. The van der Waals surface area contributed by atoms with Gasteiger partial charge in [0, 0.05) is 24.5 Å². The van der Waals surface area contributed by atoms with Crippen LogP contribution in [0.3, 0.4) is 0 Å². The molecule has 0 aromatic carbocycles. The van der Waals surface area contributed by atoms with E-state index in [0.717, 1.165) is 0 Å². The summed E-state index contributed by atoms with van der Waals surface area (Å²) in [4.78, 5) is 34.0. The maximum absolute atomic E-state index is 11.5. The molecular weight excluding hydrogens is 236 g/mol. The molecule has 0 aliphatic carbocycles. The molecular formula is C11H16N4O3. The molecule has 2 amide bonds. The van der Waals surface area contributed by atoms with Gasteiger partial charge < -0.3 is 20.9 Å². The monoisotopic (exact) mass is 252 g/mol. The molecule has 7 heteroatoms. The minimum atomic E-state index is -0.422. The summed E-state index contributed by atoms with van der Waals surface area (Å²) in [6.45, 7) is 2.02. The van der Waals surface area contributed by atoms with Gasteiger partial charge in [0.15, 0.2) is 0 Å². The van der Waals surface area contributed by atoms with Gasteiger partial charge >= 0.3 is 0 Å². The van der Waals surface area contributed by atoms with Crippen molar-refractivity contribution in [1.82, 2.24) is 15.2 Å². The number of anilines is 1. The SMILES string of the molecule is CCNC(=O)CNC(=O)Cn1cc(N)ccc1=O. The molecule has 0 saturated carbocycles.